The molecule has 1 atom stereocenters. The summed E-state index contributed by atoms with van der Waals surface area (Å²) in [6, 6.07) is 5.49. The second-order valence-electron chi connectivity index (χ2n) is 5.39. The Morgan fingerprint density at radius 1 is 1.40 bits per heavy atom. The van der Waals surface area contributed by atoms with Crippen molar-refractivity contribution in [3.05, 3.63) is 23.8 Å². The molecule has 0 amide bonds. The van der Waals surface area contributed by atoms with Gasteiger partial charge < -0.3 is 5.32 Å². The van der Waals surface area contributed by atoms with E-state index in [1.807, 2.05) is 23.9 Å². The van der Waals surface area contributed by atoms with Crippen LogP contribution in [0.15, 0.2) is 23.1 Å². The minimum Gasteiger partial charge on any atom is -0.385 e. The molecule has 3 rings (SSSR count). The zero-order valence-electron chi connectivity index (χ0n) is 11.6. The standard InChI is InChI=1S/C14H20N2O2S2/c1-11-10-16(7-8-19-11)20(17,18)13-4-5-14-12(9-13)3-2-6-15-14/h4-5,9,11,15H,2-3,6-8,10H2,1H3. The Morgan fingerprint density at radius 3 is 3.05 bits per heavy atom. The zero-order valence-corrected chi connectivity index (χ0v) is 13.3. The molecule has 2 aliphatic heterocycles. The molecule has 110 valence electrons. The van der Waals surface area contributed by atoms with Crippen LogP contribution in [-0.4, -0.2) is 43.4 Å². The molecule has 0 aliphatic carbocycles. The molecule has 2 heterocycles. The summed E-state index contributed by atoms with van der Waals surface area (Å²) in [5.41, 5.74) is 2.20. The van der Waals surface area contributed by atoms with Crippen LogP contribution in [-0.2, 0) is 16.4 Å². The molecular formula is C14H20N2O2S2. The number of hydrogen-bond acceptors (Lipinski definition) is 4. The van der Waals surface area contributed by atoms with Crippen molar-refractivity contribution in [2.24, 2.45) is 0 Å². The first kappa shape index (κ1) is 14.2. The molecule has 1 aromatic carbocycles. The van der Waals surface area contributed by atoms with Gasteiger partial charge in [-0.3, -0.25) is 0 Å². The van der Waals surface area contributed by atoms with Crippen molar-refractivity contribution in [3.63, 3.8) is 0 Å². The second kappa shape index (κ2) is 5.58. The molecule has 0 saturated carbocycles. The lowest BCUT2D eigenvalue weighted by molar-refractivity contribution is 0.424. The van der Waals surface area contributed by atoms with Gasteiger partial charge in [-0.25, -0.2) is 8.42 Å². The number of thioether (sulfide) groups is 1. The maximum Gasteiger partial charge on any atom is 0.243 e. The quantitative estimate of drug-likeness (QED) is 0.909. The van der Waals surface area contributed by atoms with Gasteiger partial charge in [0.15, 0.2) is 0 Å². The van der Waals surface area contributed by atoms with E-state index in [0.717, 1.165) is 36.4 Å². The Hall–Kier alpha value is -0.720. The van der Waals surface area contributed by atoms with Crippen LogP contribution in [0.25, 0.3) is 0 Å². The van der Waals surface area contributed by atoms with Gasteiger partial charge >= 0.3 is 0 Å². The van der Waals surface area contributed by atoms with Crippen LogP contribution in [0.5, 0.6) is 0 Å². The van der Waals surface area contributed by atoms with Gasteiger partial charge in [0.25, 0.3) is 0 Å². The van der Waals surface area contributed by atoms with Crippen LogP contribution in [0.2, 0.25) is 0 Å². The third-order valence-electron chi connectivity index (χ3n) is 3.86. The predicted molar refractivity (Wildman–Crippen MR) is 83.9 cm³/mol. The summed E-state index contributed by atoms with van der Waals surface area (Å²) in [5, 5.41) is 3.69. The highest BCUT2D eigenvalue weighted by atomic mass is 32.2. The summed E-state index contributed by atoms with van der Waals surface area (Å²) in [6.07, 6.45) is 2.02. The Bertz CT molecular complexity index is 601. The van der Waals surface area contributed by atoms with Gasteiger partial charge in [-0.05, 0) is 36.6 Å². The molecule has 20 heavy (non-hydrogen) atoms. The van der Waals surface area contributed by atoms with E-state index in [0.29, 0.717) is 23.2 Å². The van der Waals surface area contributed by atoms with Crippen molar-refractivity contribution >= 4 is 27.5 Å². The smallest absolute Gasteiger partial charge is 0.243 e. The first-order valence-electron chi connectivity index (χ1n) is 7.06. The first-order chi connectivity index (χ1) is 9.57. The van der Waals surface area contributed by atoms with E-state index in [-0.39, 0.29) is 0 Å². The lowest BCUT2D eigenvalue weighted by Gasteiger charge is -2.30. The molecule has 0 aromatic heterocycles. The van der Waals surface area contributed by atoms with Crippen molar-refractivity contribution in [1.29, 1.82) is 0 Å². The van der Waals surface area contributed by atoms with Crippen LogP contribution in [0.4, 0.5) is 5.69 Å². The highest BCUT2D eigenvalue weighted by Gasteiger charge is 2.29. The Kier molecular flexibility index (Phi) is 3.97. The molecule has 4 nitrogen and oxygen atoms in total. The van der Waals surface area contributed by atoms with Crippen molar-refractivity contribution in [1.82, 2.24) is 4.31 Å². The van der Waals surface area contributed by atoms with Crippen LogP contribution < -0.4 is 5.32 Å². The second-order valence-corrected chi connectivity index (χ2v) is 8.88. The van der Waals surface area contributed by atoms with Crippen LogP contribution in [0.3, 0.4) is 0 Å². The van der Waals surface area contributed by atoms with Crippen LogP contribution in [0.1, 0.15) is 18.9 Å². The molecule has 1 N–H and O–H groups in total. The maximum atomic E-state index is 12.7. The topological polar surface area (TPSA) is 49.4 Å². The van der Waals surface area contributed by atoms with Gasteiger partial charge in [0.1, 0.15) is 0 Å². The van der Waals surface area contributed by atoms with E-state index in [9.17, 15) is 8.42 Å². The van der Waals surface area contributed by atoms with Gasteiger partial charge in [0.05, 0.1) is 4.90 Å². The van der Waals surface area contributed by atoms with E-state index in [2.05, 4.69) is 12.2 Å². The van der Waals surface area contributed by atoms with E-state index >= 15 is 0 Å². The number of nitrogens with zero attached hydrogens (tertiary/aromatic N) is 1. The summed E-state index contributed by atoms with van der Waals surface area (Å²) in [5.74, 6) is 0.882. The number of nitrogens with one attached hydrogen (secondary N) is 1. The van der Waals surface area contributed by atoms with Crippen molar-refractivity contribution in [2.75, 3.05) is 30.7 Å². The summed E-state index contributed by atoms with van der Waals surface area (Å²) in [4.78, 5) is 0.444. The average Bonchev–Trinajstić information content (AvgIpc) is 2.46. The molecule has 0 radical (unpaired) electrons. The van der Waals surface area contributed by atoms with E-state index in [4.69, 9.17) is 0 Å². The number of sulfonamides is 1. The molecule has 1 saturated heterocycles. The Morgan fingerprint density at radius 2 is 2.25 bits per heavy atom. The molecule has 6 heteroatoms. The van der Waals surface area contributed by atoms with Gasteiger partial charge in [0, 0.05) is 36.3 Å². The van der Waals surface area contributed by atoms with E-state index < -0.39 is 10.0 Å². The fourth-order valence-corrected chi connectivity index (χ4v) is 5.57. The summed E-state index contributed by atoms with van der Waals surface area (Å²) >= 11 is 1.84. The fourth-order valence-electron chi connectivity index (χ4n) is 2.77. The minimum atomic E-state index is -3.34. The maximum absolute atomic E-state index is 12.7. The molecular weight excluding hydrogens is 292 g/mol. The number of hydrogen-bond donors (Lipinski definition) is 1. The summed E-state index contributed by atoms with van der Waals surface area (Å²) in [6.45, 7) is 4.29. The predicted octanol–water partition coefficient (Wildman–Crippen LogP) is 2.17. The van der Waals surface area contributed by atoms with Gasteiger partial charge in [-0.15, -0.1) is 0 Å². The molecule has 2 aliphatic rings. The zero-order chi connectivity index (χ0) is 14.2. The molecule has 0 bridgehead atoms. The lowest BCUT2D eigenvalue weighted by Crippen LogP contribution is -2.41. The van der Waals surface area contributed by atoms with Crippen molar-refractivity contribution in [2.45, 2.75) is 29.9 Å². The number of aryl methyl sites for hydroxylation is 1. The Balaban J connectivity index is 1.90. The Labute approximate surface area is 125 Å². The normalized spacial score (nSPS) is 23.9. The van der Waals surface area contributed by atoms with E-state index in [1.54, 1.807) is 10.4 Å². The summed E-state index contributed by atoms with van der Waals surface area (Å²) < 4.78 is 27.1. The largest absolute Gasteiger partial charge is 0.385 e. The third-order valence-corrected chi connectivity index (χ3v) is 6.85. The van der Waals surface area contributed by atoms with Crippen molar-refractivity contribution in [3.8, 4) is 0 Å². The minimum absolute atomic E-state index is 0.373. The molecule has 1 fully saturated rings. The number of rotatable bonds is 2. The number of benzene rings is 1. The highest BCUT2D eigenvalue weighted by Crippen LogP contribution is 2.28. The van der Waals surface area contributed by atoms with Crippen LogP contribution >= 0.6 is 11.8 Å². The fraction of sp³-hybridized carbons (Fsp3) is 0.571. The van der Waals surface area contributed by atoms with Crippen molar-refractivity contribution < 1.29 is 8.42 Å². The monoisotopic (exact) mass is 312 g/mol. The molecule has 0 spiro atoms. The first-order valence-corrected chi connectivity index (χ1v) is 9.55. The van der Waals surface area contributed by atoms with Gasteiger partial charge in [-0.2, -0.15) is 16.1 Å². The van der Waals surface area contributed by atoms with Crippen LogP contribution in [0, 0.1) is 0 Å². The highest BCUT2D eigenvalue weighted by molar-refractivity contribution is 8.00. The lowest BCUT2D eigenvalue weighted by atomic mass is 10.0. The van der Waals surface area contributed by atoms with Gasteiger partial charge in [0.2, 0.25) is 10.0 Å². The average molecular weight is 312 g/mol. The summed E-state index contributed by atoms with van der Waals surface area (Å²) in [7, 11) is -3.34. The number of anilines is 1. The SMILES string of the molecule is CC1CN(S(=O)(=O)c2ccc3c(c2)CCCN3)CCS1. The van der Waals surface area contributed by atoms with Gasteiger partial charge in [-0.1, -0.05) is 6.92 Å². The van der Waals surface area contributed by atoms with E-state index in [1.165, 1.54) is 0 Å². The number of fused-ring (bicyclic) bond motifs is 1. The molecule has 1 aromatic rings. The third kappa shape index (κ3) is 2.69. The molecule has 1 unspecified atom stereocenters.